The average molecular weight is 274 g/mol. The van der Waals surface area contributed by atoms with E-state index in [1.807, 2.05) is 13.8 Å². The molecule has 19 heavy (non-hydrogen) atoms. The van der Waals surface area contributed by atoms with Gasteiger partial charge >= 0.3 is 12.0 Å². The summed E-state index contributed by atoms with van der Waals surface area (Å²) in [5.41, 5.74) is 0. The Morgan fingerprint density at radius 3 is 2.32 bits per heavy atom. The molecule has 6 heteroatoms. The number of ether oxygens (including phenoxy) is 1. The quantitative estimate of drug-likeness (QED) is 0.627. The summed E-state index contributed by atoms with van der Waals surface area (Å²) in [6.07, 6.45) is 2.66. The van der Waals surface area contributed by atoms with Crippen molar-refractivity contribution in [3.05, 3.63) is 0 Å². The maximum atomic E-state index is 12.0. The number of methoxy groups -OCH3 is 1. The van der Waals surface area contributed by atoms with Crippen LogP contribution in [0.5, 0.6) is 0 Å². The predicted molar refractivity (Wildman–Crippen MR) is 73.2 cm³/mol. The van der Waals surface area contributed by atoms with Gasteiger partial charge in [0.2, 0.25) is 0 Å². The van der Waals surface area contributed by atoms with Gasteiger partial charge in [0.25, 0.3) is 0 Å². The van der Waals surface area contributed by atoms with Crippen LogP contribution in [-0.2, 0) is 9.53 Å². The molecule has 1 unspecified atom stereocenters. The van der Waals surface area contributed by atoms with Gasteiger partial charge in [0.1, 0.15) is 6.04 Å². The largest absolute Gasteiger partial charge is 0.480 e. The summed E-state index contributed by atoms with van der Waals surface area (Å²) in [7, 11) is 3.26. The number of carbonyl (C=O) groups is 2. The van der Waals surface area contributed by atoms with E-state index in [4.69, 9.17) is 9.84 Å². The van der Waals surface area contributed by atoms with Gasteiger partial charge in [-0.25, -0.2) is 9.59 Å². The first-order chi connectivity index (χ1) is 8.97. The van der Waals surface area contributed by atoms with Gasteiger partial charge in [-0.15, -0.1) is 0 Å². The molecule has 0 aromatic heterocycles. The van der Waals surface area contributed by atoms with E-state index in [1.54, 1.807) is 19.1 Å². The first kappa shape index (κ1) is 17.7. The number of urea groups is 1. The van der Waals surface area contributed by atoms with Crippen molar-refractivity contribution in [2.75, 3.05) is 20.8 Å². The van der Waals surface area contributed by atoms with Gasteiger partial charge in [-0.05, 0) is 25.7 Å². The number of hydrogen-bond donors (Lipinski definition) is 2. The van der Waals surface area contributed by atoms with Gasteiger partial charge in [-0.3, -0.25) is 0 Å². The highest BCUT2D eigenvalue weighted by molar-refractivity contribution is 5.82. The Hall–Kier alpha value is -1.30. The summed E-state index contributed by atoms with van der Waals surface area (Å²) < 4.78 is 4.88. The SMILES string of the molecule is CCC(CC)N(C)C(=O)NC(CCCOC)C(=O)O. The number of aliphatic carboxylic acids is 1. The molecule has 0 heterocycles. The van der Waals surface area contributed by atoms with Gasteiger partial charge in [0.05, 0.1) is 0 Å². The monoisotopic (exact) mass is 274 g/mol. The molecule has 0 aliphatic carbocycles. The standard InChI is InChI=1S/C13H26N2O4/c1-5-10(6-2)15(3)13(18)14-11(12(16)17)8-7-9-19-4/h10-11H,5-9H2,1-4H3,(H,14,18)(H,16,17). The zero-order chi connectivity index (χ0) is 14.8. The van der Waals surface area contributed by atoms with Crippen LogP contribution >= 0.6 is 0 Å². The molecule has 0 saturated carbocycles. The third kappa shape index (κ3) is 6.42. The van der Waals surface area contributed by atoms with Crippen LogP contribution in [0.15, 0.2) is 0 Å². The lowest BCUT2D eigenvalue weighted by molar-refractivity contribution is -0.139. The Morgan fingerprint density at radius 1 is 1.32 bits per heavy atom. The molecule has 2 N–H and O–H groups in total. The fraction of sp³-hybridized carbons (Fsp3) is 0.846. The number of hydrogen-bond acceptors (Lipinski definition) is 3. The minimum atomic E-state index is -1.01. The van der Waals surface area contributed by atoms with Crippen molar-refractivity contribution in [3.8, 4) is 0 Å². The van der Waals surface area contributed by atoms with Crippen LogP contribution in [-0.4, -0.2) is 54.9 Å². The maximum absolute atomic E-state index is 12.0. The summed E-state index contributed by atoms with van der Waals surface area (Å²) >= 11 is 0. The van der Waals surface area contributed by atoms with E-state index in [-0.39, 0.29) is 12.1 Å². The predicted octanol–water partition coefficient (Wildman–Crippen LogP) is 1.70. The fourth-order valence-corrected chi connectivity index (χ4v) is 1.94. The summed E-state index contributed by atoms with van der Waals surface area (Å²) in [6, 6.07) is -1.06. The van der Waals surface area contributed by atoms with Crippen LogP contribution in [0.25, 0.3) is 0 Å². The van der Waals surface area contributed by atoms with Gasteiger partial charge in [-0.2, -0.15) is 0 Å². The highest BCUT2D eigenvalue weighted by atomic mass is 16.5. The minimum absolute atomic E-state index is 0.133. The number of carboxylic acids is 1. The van der Waals surface area contributed by atoms with Crippen LogP contribution in [0.2, 0.25) is 0 Å². The van der Waals surface area contributed by atoms with Crippen LogP contribution in [0.3, 0.4) is 0 Å². The summed E-state index contributed by atoms with van der Waals surface area (Å²) in [5, 5.41) is 11.6. The Labute approximate surface area is 115 Å². The molecule has 0 fully saturated rings. The molecule has 0 aliphatic heterocycles. The lowest BCUT2D eigenvalue weighted by Gasteiger charge is -2.28. The topological polar surface area (TPSA) is 78.9 Å². The summed E-state index contributed by atoms with van der Waals surface area (Å²) in [4.78, 5) is 24.6. The maximum Gasteiger partial charge on any atom is 0.326 e. The molecule has 0 bridgehead atoms. The third-order valence-electron chi connectivity index (χ3n) is 3.25. The van der Waals surface area contributed by atoms with Crippen molar-refractivity contribution >= 4 is 12.0 Å². The molecular formula is C13H26N2O4. The minimum Gasteiger partial charge on any atom is -0.480 e. The summed E-state index contributed by atoms with van der Waals surface area (Å²) in [6.45, 7) is 4.50. The van der Waals surface area contributed by atoms with Crippen molar-refractivity contribution in [1.29, 1.82) is 0 Å². The van der Waals surface area contributed by atoms with Crippen molar-refractivity contribution in [1.82, 2.24) is 10.2 Å². The smallest absolute Gasteiger partial charge is 0.326 e. The Kier molecular flexibility index (Phi) is 8.95. The van der Waals surface area contributed by atoms with Crippen molar-refractivity contribution in [3.63, 3.8) is 0 Å². The molecule has 0 rings (SSSR count). The number of carboxylic acid groups (broad SMARTS) is 1. The van der Waals surface area contributed by atoms with E-state index in [0.717, 1.165) is 12.8 Å². The second kappa shape index (κ2) is 9.61. The molecule has 112 valence electrons. The van der Waals surface area contributed by atoms with Gasteiger partial charge in [0.15, 0.2) is 0 Å². The van der Waals surface area contributed by atoms with E-state index in [9.17, 15) is 9.59 Å². The molecule has 0 aromatic carbocycles. The number of amides is 2. The number of nitrogens with zero attached hydrogens (tertiary/aromatic N) is 1. The van der Waals surface area contributed by atoms with E-state index < -0.39 is 12.0 Å². The van der Waals surface area contributed by atoms with Crippen LogP contribution in [0, 0.1) is 0 Å². The first-order valence-electron chi connectivity index (χ1n) is 6.72. The highest BCUT2D eigenvalue weighted by Gasteiger charge is 2.23. The summed E-state index contributed by atoms with van der Waals surface area (Å²) in [5.74, 6) is -1.01. The number of rotatable bonds is 9. The molecular weight excluding hydrogens is 248 g/mol. The number of nitrogens with one attached hydrogen (secondary N) is 1. The molecule has 1 atom stereocenters. The van der Waals surface area contributed by atoms with Gasteiger partial charge < -0.3 is 20.1 Å². The molecule has 0 aromatic rings. The average Bonchev–Trinajstić information content (AvgIpc) is 2.38. The molecule has 0 spiro atoms. The Balaban J connectivity index is 4.41. The molecule has 0 saturated heterocycles. The normalized spacial score (nSPS) is 12.3. The zero-order valence-electron chi connectivity index (χ0n) is 12.3. The second-order valence-corrected chi connectivity index (χ2v) is 4.56. The Morgan fingerprint density at radius 2 is 1.89 bits per heavy atom. The lowest BCUT2D eigenvalue weighted by atomic mass is 10.1. The molecule has 6 nitrogen and oxygen atoms in total. The van der Waals surface area contributed by atoms with E-state index in [0.29, 0.717) is 19.4 Å². The third-order valence-corrected chi connectivity index (χ3v) is 3.25. The van der Waals surface area contributed by atoms with Crippen molar-refractivity contribution in [2.24, 2.45) is 0 Å². The zero-order valence-corrected chi connectivity index (χ0v) is 12.3. The van der Waals surface area contributed by atoms with Gasteiger partial charge in [0, 0.05) is 26.8 Å². The lowest BCUT2D eigenvalue weighted by Crippen LogP contribution is -2.49. The molecule has 0 radical (unpaired) electrons. The van der Waals surface area contributed by atoms with Gasteiger partial charge in [-0.1, -0.05) is 13.8 Å². The van der Waals surface area contributed by atoms with Crippen molar-refractivity contribution in [2.45, 2.75) is 51.6 Å². The molecule has 0 aliphatic rings. The van der Waals surface area contributed by atoms with Crippen LogP contribution in [0.4, 0.5) is 4.79 Å². The highest BCUT2D eigenvalue weighted by Crippen LogP contribution is 2.07. The van der Waals surface area contributed by atoms with Crippen LogP contribution < -0.4 is 5.32 Å². The van der Waals surface area contributed by atoms with E-state index >= 15 is 0 Å². The second-order valence-electron chi connectivity index (χ2n) is 4.56. The number of carbonyl (C=O) groups excluding carboxylic acids is 1. The van der Waals surface area contributed by atoms with Crippen LogP contribution in [0.1, 0.15) is 39.5 Å². The first-order valence-corrected chi connectivity index (χ1v) is 6.72. The fourth-order valence-electron chi connectivity index (χ4n) is 1.94. The molecule has 2 amide bonds. The van der Waals surface area contributed by atoms with Crippen molar-refractivity contribution < 1.29 is 19.4 Å². The van der Waals surface area contributed by atoms with E-state index in [1.165, 1.54) is 0 Å². The van der Waals surface area contributed by atoms with E-state index in [2.05, 4.69) is 5.32 Å². The Bertz CT molecular complexity index is 280.